The minimum Gasteiger partial charge on any atom is -0.389 e. The number of halogens is 2. The van der Waals surface area contributed by atoms with E-state index in [1.165, 1.54) is 22.5 Å². The fourth-order valence-corrected chi connectivity index (χ4v) is 5.52. The van der Waals surface area contributed by atoms with Crippen LogP contribution in [0.4, 0.5) is 11.5 Å². The molecule has 1 saturated heterocycles. The molecule has 1 aliphatic carbocycles. The summed E-state index contributed by atoms with van der Waals surface area (Å²) in [6.07, 6.45) is 5.69. The van der Waals surface area contributed by atoms with E-state index in [1.54, 1.807) is 6.33 Å². The Balaban J connectivity index is 0.00000120. The van der Waals surface area contributed by atoms with E-state index in [4.69, 9.17) is 4.98 Å². The Labute approximate surface area is 185 Å². The van der Waals surface area contributed by atoms with Gasteiger partial charge in [0.25, 0.3) is 0 Å². The fourth-order valence-electron chi connectivity index (χ4n) is 5.52. The van der Waals surface area contributed by atoms with Gasteiger partial charge in [0, 0.05) is 28.9 Å². The van der Waals surface area contributed by atoms with Crippen LogP contribution in [0.15, 0.2) is 24.5 Å². The molecular formula is C22H30Cl2N4O. The summed E-state index contributed by atoms with van der Waals surface area (Å²) >= 11 is 0. The molecular weight excluding hydrogens is 407 g/mol. The standard InChI is InChI=1S/C22H28N4O.2ClH/c1-14-6-7-17-19(14)21(25-13-24-17)26-12-22(8-10-23-11-9-22)20-16(15(2)27)4-3-5-18(20)26;;/h3-5,13-15,23,27H,6-12H2,1-2H3;2*1H/t14-,15?;;/m1../s1. The highest BCUT2D eigenvalue weighted by molar-refractivity contribution is 5.85. The van der Waals surface area contributed by atoms with Crippen LogP contribution in [0.3, 0.4) is 0 Å². The number of piperidine rings is 1. The summed E-state index contributed by atoms with van der Waals surface area (Å²) in [5.74, 6) is 1.59. The summed E-state index contributed by atoms with van der Waals surface area (Å²) in [4.78, 5) is 11.8. The predicted molar refractivity (Wildman–Crippen MR) is 121 cm³/mol. The quantitative estimate of drug-likeness (QED) is 0.738. The number of hydrogen-bond acceptors (Lipinski definition) is 5. The molecule has 0 bridgehead atoms. The van der Waals surface area contributed by atoms with E-state index in [-0.39, 0.29) is 30.2 Å². The zero-order chi connectivity index (χ0) is 18.6. The highest BCUT2D eigenvalue weighted by Gasteiger charge is 2.46. The largest absolute Gasteiger partial charge is 0.389 e. The third kappa shape index (κ3) is 3.42. The van der Waals surface area contributed by atoms with Gasteiger partial charge < -0.3 is 15.3 Å². The Morgan fingerprint density at radius 3 is 2.69 bits per heavy atom. The van der Waals surface area contributed by atoms with E-state index in [0.29, 0.717) is 5.92 Å². The van der Waals surface area contributed by atoms with Crippen molar-refractivity contribution < 1.29 is 5.11 Å². The van der Waals surface area contributed by atoms with Crippen molar-refractivity contribution in [2.75, 3.05) is 24.5 Å². The first-order chi connectivity index (χ1) is 13.1. The number of nitrogens with zero attached hydrogens (tertiary/aromatic N) is 3. The van der Waals surface area contributed by atoms with Gasteiger partial charge in [-0.3, -0.25) is 0 Å². The lowest BCUT2D eigenvalue weighted by molar-refractivity contribution is 0.194. The third-order valence-electron chi connectivity index (χ3n) is 6.88. The van der Waals surface area contributed by atoms with Crippen molar-refractivity contribution in [3.63, 3.8) is 0 Å². The maximum Gasteiger partial charge on any atom is 0.140 e. The molecule has 2 aromatic rings. The van der Waals surface area contributed by atoms with Crippen LogP contribution < -0.4 is 10.2 Å². The predicted octanol–water partition coefficient (Wildman–Crippen LogP) is 4.20. The van der Waals surface area contributed by atoms with E-state index in [0.717, 1.165) is 56.7 Å². The zero-order valence-electron chi connectivity index (χ0n) is 17.0. The SMILES string of the molecule is CC(O)c1cccc2c1C1(CCNCC1)CN2c1ncnc2c1[C@H](C)CC2.Cl.Cl. The molecule has 5 rings (SSSR count). The Morgan fingerprint density at radius 2 is 1.97 bits per heavy atom. The summed E-state index contributed by atoms with van der Waals surface area (Å²) in [7, 11) is 0. The van der Waals surface area contributed by atoms with Crippen molar-refractivity contribution >= 4 is 36.3 Å². The summed E-state index contributed by atoms with van der Waals surface area (Å²) < 4.78 is 0. The number of hydrogen-bond donors (Lipinski definition) is 2. The summed E-state index contributed by atoms with van der Waals surface area (Å²) in [5.41, 5.74) is 6.29. The summed E-state index contributed by atoms with van der Waals surface area (Å²) in [6.45, 7) is 7.18. The normalized spacial score (nSPS) is 22.4. The van der Waals surface area contributed by atoms with Gasteiger partial charge in [0.15, 0.2) is 0 Å². The molecule has 29 heavy (non-hydrogen) atoms. The lowest BCUT2D eigenvalue weighted by Crippen LogP contribution is -2.43. The highest BCUT2D eigenvalue weighted by atomic mass is 35.5. The molecule has 3 aliphatic rings. The monoisotopic (exact) mass is 436 g/mol. The molecule has 1 aromatic heterocycles. The Morgan fingerprint density at radius 1 is 1.21 bits per heavy atom. The maximum atomic E-state index is 10.5. The average Bonchev–Trinajstić information content (AvgIpc) is 3.21. The van der Waals surface area contributed by atoms with Gasteiger partial charge in [-0.05, 0) is 68.8 Å². The second-order valence-corrected chi connectivity index (χ2v) is 8.53. The first-order valence-corrected chi connectivity index (χ1v) is 10.2. The summed E-state index contributed by atoms with van der Waals surface area (Å²) in [5, 5.41) is 14.0. The van der Waals surface area contributed by atoms with Gasteiger partial charge in [0.2, 0.25) is 0 Å². The van der Waals surface area contributed by atoms with Crippen molar-refractivity contribution in [2.24, 2.45) is 0 Å². The number of fused-ring (bicyclic) bond motifs is 3. The van der Waals surface area contributed by atoms with Gasteiger partial charge in [0.1, 0.15) is 12.1 Å². The van der Waals surface area contributed by atoms with Gasteiger partial charge in [-0.25, -0.2) is 9.97 Å². The van der Waals surface area contributed by atoms with Crippen molar-refractivity contribution in [1.82, 2.24) is 15.3 Å². The molecule has 7 heteroatoms. The van der Waals surface area contributed by atoms with E-state index in [9.17, 15) is 5.11 Å². The van der Waals surface area contributed by atoms with Gasteiger partial charge in [-0.15, -0.1) is 24.8 Å². The van der Waals surface area contributed by atoms with E-state index in [1.807, 2.05) is 6.92 Å². The second-order valence-electron chi connectivity index (χ2n) is 8.53. The lowest BCUT2D eigenvalue weighted by Gasteiger charge is -2.36. The molecule has 1 spiro atoms. The van der Waals surface area contributed by atoms with Gasteiger partial charge in [-0.2, -0.15) is 0 Å². The molecule has 5 nitrogen and oxygen atoms in total. The van der Waals surface area contributed by atoms with Crippen molar-refractivity contribution in [2.45, 2.75) is 57.0 Å². The van der Waals surface area contributed by atoms with Crippen LogP contribution in [0.1, 0.15) is 67.5 Å². The number of anilines is 2. The molecule has 1 fully saturated rings. The number of aromatic nitrogens is 2. The third-order valence-corrected chi connectivity index (χ3v) is 6.88. The molecule has 1 aromatic carbocycles. The molecule has 3 heterocycles. The van der Waals surface area contributed by atoms with E-state index in [2.05, 4.69) is 40.3 Å². The lowest BCUT2D eigenvalue weighted by atomic mass is 9.72. The number of rotatable bonds is 2. The van der Waals surface area contributed by atoms with Gasteiger partial charge in [0.05, 0.1) is 6.10 Å². The minimum absolute atomic E-state index is 0. The molecule has 2 N–H and O–H groups in total. The van der Waals surface area contributed by atoms with Gasteiger partial charge >= 0.3 is 0 Å². The number of benzene rings is 1. The summed E-state index contributed by atoms with van der Waals surface area (Å²) in [6, 6.07) is 6.40. The number of nitrogens with one attached hydrogen (secondary N) is 1. The molecule has 0 saturated carbocycles. The minimum atomic E-state index is -0.457. The van der Waals surface area contributed by atoms with Crippen molar-refractivity contribution in [3.05, 3.63) is 46.9 Å². The topological polar surface area (TPSA) is 61.3 Å². The van der Waals surface area contributed by atoms with Crippen LogP contribution in [0.2, 0.25) is 0 Å². The van der Waals surface area contributed by atoms with E-state index >= 15 is 0 Å². The van der Waals surface area contributed by atoms with E-state index < -0.39 is 6.10 Å². The molecule has 2 aliphatic heterocycles. The Kier molecular flexibility index (Phi) is 6.44. The average molecular weight is 437 g/mol. The molecule has 2 atom stereocenters. The van der Waals surface area contributed by atoms with Crippen molar-refractivity contribution in [3.8, 4) is 0 Å². The van der Waals surface area contributed by atoms with Crippen LogP contribution in [0.25, 0.3) is 0 Å². The number of aliphatic hydroxyl groups excluding tert-OH is 1. The molecule has 0 amide bonds. The smallest absolute Gasteiger partial charge is 0.140 e. The molecule has 158 valence electrons. The second kappa shape index (κ2) is 8.38. The Hall–Kier alpha value is -1.40. The fraction of sp³-hybridized carbons (Fsp3) is 0.545. The van der Waals surface area contributed by atoms with Crippen LogP contribution in [-0.4, -0.2) is 34.7 Å². The van der Waals surface area contributed by atoms with Crippen LogP contribution in [0, 0.1) is 0 Å². The number of aryl methyl sites for hydroxylation is 1. The van der Waals surface area contributed by atoms with Crippen molar-refractivity contribution in [1.29, 1.82) is 0 Å². The van der Waals surface area contributed by atoms with Gasteiger partial charge in [-0.1, -0.05) is 19.1 Å². The maximum absolute atomic E-state index is 10.5. The van der Waals surface area contributed by atoms with Crippen LogP contribution >= 0.6 is 24.8 Å². The molecule has 1 unspecified atom stereocenters. The number of aliphatic hydroxyl groups is 1. The zero-order valence-corrected chi connectivity index (χ0v) is 18.7. The first-order valence-electron chi connectivity index (χ1n) is 10.2. The molecule has 0 radical (unpaired) electrons. The Bertz CT molecular complexity index is 883. The van der Waals surface area contributed by atoms with Crippen LogP contribution in [-0.2, 0) is 11.8 Å². The first kappa shape index (κ1) is 22.3. The highest BCUT2D eigenvalue weighted by Crippen LogP contribution is 2.52. The van der Waals surface area contributed by atoms with Crippen LogP contribution in [0.5, 0.6) is 0 Å².